The van der Waals surface area contributed by atoms with Crippen molar-refractivity contribution in [3.8, 4) is 17.5 Å². The molecule has 0 amide bonds. The van der Waals surface area contributed by atoms with Gasteiger partial charge in [-0.1, -0.05) is 24.0 Å². The van der Waals surface area contributed by atoms with Crippen molar-refractivity contribution >= 4 is 43.4 Å². The quantitative estimate of drug-likeness (QED) is 0.182. The Morgan fingerprint density at radius 2 is 1.26 bits per heavy atom. The number of pyridine rings is 1. The summed E-state index contributed by atoms with van der Waals surface area (Å²) in [4.78, 5) is 4.46. The first-order valence-corrected chi connectivity index (χ1v) is 11.5. The van der Waals surface area contributed by atoms with Crippen molar-refractivity contribution in [1.82, 2.24) is 4.90 Å². The zero-order chi connectivity index (χ0) is 23.4. The molecule has 0 aliphatic carbocycles. The van der Waals surface area contributed by atoms with E-state index in [4.69, 9.17) is 25.3 Å². The van der Waals surface area contributed by atoms with Crippen LogP contribution in [-0.4, -0.2) is 42.8 Å². The van der Waals surface area contributed by atoms with Crippen molar-refractivity contribution in [2.75, 3.05) is 31.1 Å². The van der Waals surface area contributed by atoms with Gasteiger partial charge in [-0.2, -0.15) is 4.57 Å². The van der Waals surface area contributed by atoms with Gasteiger partial charge >= 0.3 is 6.98 Å². The summed E-state index contributed by atoms with van der Waals surface area (Å²) in [5, 5.41) is 0. The minimum absolute atomic E-state index is 0. The molecule has 2 heterocycles. The summed E-state index contributed by atoms with van der Waals surface area (Å²) in [6.45, 7) is -1.42. The summed E-state index contributed by atoms with van der Waals surface area (Å²) >= 11 is 10.3. The average Bonchev–Trinajstić information content (AvgIpc) is 2.83. The van der Waals surface area contributed by atoms with Gasteiger partial charge in [0.05, 0.1) is 0 Å². The minimum atomic E-state index is -4.98. The van der Waals surface area contributed by atoms with Crippen LogP contribution < -0.4 is 14.9 Å². The second-order valence-corrected chi connectivity index (χ2v) is 8.98. The minimum Gasteiger partial charge on any atom is -0.800 e. The Bertz CT molecular complexity index is 1140. The van der Waals surface area contributed by atoms with E-state index in [0.29, 0.717) is 5.56 Å². The molecular formula is C24H21AuBF3N3S2-2. The number of halogens is 3. The predicted octanol–water partition coefficient (Wildman–Crippen LogP) is 2.91. The van der Waals surface area contributed by atoms with Gasteiger partial charge in [-0.3, -0.25) is 0 Å². The fraction of sp³-hybridized carbons (Fsp3) is 0.208. The smallest absolute Gasteiger partial charge is 0.509 e. The molecule has 0 N–H and O–H groups in total. The van der Waals surface area contributed by atoms with E-state index < -0.39 is 12.4 Å². The van der Waals surface area contributed by atoms with Gasteiger partial charge in [-0.25, -0.2) is 4.71 Å². The first-order chi connectivity index (χ1) is 15.8. The second-order valence-electron chi connectivity index (χ2n) is 7.79. The molecule has 0 spiro atoms. The van der Waals surface area contributed by atoms with Gasteiger partial charge in [0, 0.05) is 89.6 Å². The van der Waals surface area contributed by atoms with Crippen LogP contribution in [0.25, 0.3) is 5.69 Å². The van der Waals surface area contributed by atoms with Crippen LogP contribution in [0.2, 0.25) is 0 Å². The maximum atomic E-state index is 12.7. The molecule has 3 aromatic rings. The molecule has 4 rings (SSSR count). The maximum absolute atomic E-state index is 12.7. The molecule has 0 unspecified atom stereocenters. The second kappa shape index (κ2) is 11.8. The molecule has 1 aliphatic heterocycles. The first kappa shape index (κ1) is 26.8. The van der Waals surface area contributed by atoms with Gasteiger partial charge in [-0.15, -0.1) is 5.46 Å². The van der Waals surface area contributed by atoms with Crippen LogP contribution in [0, 0.1) is 11.8 Å². The van der Waals surface area contributed by atoms with E-state index in [0.717, 1.165) is 55.2 Å². The van der Waals surface area contributed by atoms with E-state index in [9.17, 15) is 12.9 Å². The Morgan fingerprint density at radius 3 is 1.74 bits per heavy atom. The fourth-order valence-corrected chi connectivity index (χ4v) is 4.06. The van der Waals surface area contributed by atoms with Gasteiger partial charge < -0.3 is 48.0 Å². The molecule has 3 nitrogen and oxygen atoms in total. The Kier molecular flexibility index (Phi) is 9.27. The van der Waals surface area contributed by atoms with Crippen LogP contribution in [0.3, 0.4) is 0 Å². The average molecular weight is 680 g/mol. The summed E-state index contributed by atoms with van der Waals surface area (Å²) in [6.07, 6.45) is 4.05. The molecule has 0 atom stereocenters. The van der Waals surface area contributed by atoms with E-state index in [1.807, 2.05) is 41.2 Å². The van der Waals surface area contributed by atoms with Gasteiger partial charge in [0.2, 0.25) is 5.69 Å². The summed E-state index contributed by atoms with van der Waals surface area (Å²) in [7, 11) is 0. The molecule has 1 radical (unpaired) electrons. The molecule has 0 saturated carbocycles. The summed E-state index contributed by atoms with van der Waals surface area (Å²) in [6, 6.07) is 16.8. The number of hydrogen-bond acceptors (Lipinski definition) is 4. The van der Waals surface area contributed by atoms with Gasteiger partial charge in [0.15, 0.2) is 12.4 Å². The van der Waals surface area contributed by atoms with Gasteiger partial charge in [0.25, 0.3) is 0 Å². The van der Waals surface area contributed by atoms with Crippen LogP contribution in [0.1, 0.15) is 11.1 Å². The van der Waals surface area contributed by atoms with Crippen LogP contribution in [0.4, 0.5) is 18.6 Å². The van der Waals surface area contributed by atoms with E-state index >= 15 is 0 Å². The molecule has 0 bridgehead atoms. The van der Waals surface area contributed by atoms with Crippen molar-refractivity contribution in [2.45, 2.75) is 4.71 Å². The first-order valence-electron chi connectivity index (χ1n) is 10.5. The normalized spacial score (nSPS) is 14.4. The number of piperazine rings is 1. The fourth-order valence-electron chi connectivity index (χ4n) is 3.64. The Hall–Kier alpha value is -1.79. The van der Waals surface area contributed by atoms with Gasteiger partial charge in [-0.05, 0) is 24.3 Å². The molecule has 2 aromatic carbocycles. The molecule has 181 valence electrons. The van der Waals surface area contributed by atoms with Gasteiger partial charge in [0.1, 0.15) is 0 Å². The summed E-state index contributed by atoms with van der Waals surface area (Å²) < 4.78 is 39.9. The van der Waals surface area contributed by atoms with E-state index in [1.165, 1.54) is 12.1 Å². The SMILES string of the molecule is F[B-](F)(F)c1ccc(C#Cc2ccc(-[n+]3ccc(N4CCN(C([S-])[S-])CC4)cc3)cc2)cc1.[Au]. The monoisotopic (exact) mass is 680 g/mol. The van der Waals surface area contributed by atoms with Crippen molar-refractivity contribution < 1.29 is 39.9 Å². The third-order valence-electron chi connectivity index (χ3n) is 5.59. The van der Waals surface area contributed by atoms with E-state index in [-0.39, 0.29) is 27.1 Å². The molecule has 1 aromatic heterocycles. The number of rotatable bonds is 4. The Balaban J connectivity index is 0.00000324. The standard InChI is InChI=1S/C24H23BF3N3S2.Au/c26-25(27,28)21-7-3-19(4-8-21)1-2-20-5-9-22(10-6-20)29-13-11-23(12-14-29)30-15-17-31(18-16-30)24(32)33;/h3-14,24,32-33H,15-18H2;/p-2. The van der Waals surface area contributed by atoms with Crippen LogP contribution >= 0.6 is 0 Å². The summed E-state index contributed by atoms with van der Waals surface area (Å²) in [5.41, 5.74) is 2.88. The van der Waals surface area contributed by atoms with Crippen molar-refractivity contribution in [1.29, 1.82) is 0 Å². The van der Waals surface area contributed by atoms with Crippen LogP contribution in [0.5, 0.6) is 0 Å². The maximum Gasteiger partial charge on any atom is 0.509 e. The Morgan fingerprint density at radius 1 is 0.765 bits per heavy atom. The third-order valence-corrected chi connectivity index (χ3v) is 6.19. The zero-order valence-electron chi connectivity index (χ0n) is 18.0. The predicted molar refractivity (Wildman–Crippen MR) is 131 cm³/mol. The molecule has 10 heteroatoms. The number of nitrogens with zero attached hydrogens (tertiary/aromatic N) is 3. The number of hydrogen-bond donors (Lipinski definition) is 0. The van der Waals surface area contributed by atoms with Crippen molar-refractivity contribution in [3.05, 3.63) is 84.2 Å². The van der Waals surface area contributed by atoms with E-state index in [2.05, 4.69) is 33.8 Å². The number of aromatic nitrogens is 1. The molecule has 1 aliphatic rings. The molecule has 34 heavy (non-hydrogen) atoms. The van der Waals surface area contributed by atoms with Crippen molar-refractivity contribution in [3.63, 3.8) is 0 Å². The molecular weight excluding hydrogens is 659 g/mol. The molecule has 1 fully saturated rings. The largest absolute Gasteiger partial charge is 0.800 e. The van der Waals surface area contributed by atoms with Crippen LogP contribution in [-0.2, 0) is 47.6 Å². The van der Waals surface area contributed by atoms with E-state index in [1.54, 1.807) is 0 Å². The zero-order valence-corrected chi connectivity index (χ0v) is 21.8. The molecule has 1 saturated heterocycles. The van der Waals surface area contributed by atoms with Crippen LogP contribution in [0.15, 0.2) is 73.1 Å². The Labute approximate surface area is 224 Å². The number of anilines is 1. The third kappa shape index (κ3) is 6.88. The topological polar surface area (TPSA) is 10.4 Å². The van der Waals surface area contributed by atoms with Crippen molar-refractivity contribution in [2.24, 2.45) is 0 Å². The summed E-state index contributed by atoms with van der Waals surface area (Å²) in [5.74, 6) is 5.91. The number of benzene rings is 2.